The molecule has 0 saturated carbocycles. The van der Waals surface area contributed by atoms with Gasteiger partial charge in [-0.1, -0.05) is 12.1 Å². The molecule has 4 nitrogen and oxygen atoms in total. The maximum Gasteiger partial charge on any atom is 0.418 e. The Morgan fingerprint density at radius 2 is 1.88 bits per heavy atom. The van der Waals surface area contributed by atoms with E-state index in [-0.39, 0.29) is 11.6 Å². The van der Waals surface area contributed by atoms with Crippen molar-refractivity contribution in [2.45, 2.75) is 6.18 Å². The standard InChI is InChI=1S/C10H13F3N4/c1-17(2)9(14)16-15-8-6-4-3-5-7(8)10(11,12)13/h3-6,15H,1-2H3,(H2,14,16). The van der Waals surface area contributed by atoms with E-state index in [9.17, 15) is 13.2 Å². The molecule has 0 saturated heterocycles. The monoisotopic (exact) mass is 246 g/mol. The van der Waals surface area contributed by atoms with Crippen LogP contribution in [0.25, 0.3) is 0 Å². The molecule has 0 radical (unpaired) electrons. The molecule has 1 rings (SSSR count). The zero-order chi connectivity index (χ0) is 13.1. The number of hydrazone groups is 1. The lowest BCUT2D eigenvalue weighted by Gasteiger charge is -2.14. The minimum Gasteiger partial charge on any atom is -0.368 e. The van der Waals surface area contributed by atoms with Crippen LogP contribution < -0.4 is 11.2 Å². The first kappa shape index (κ1) is 13.1. The summed E-state index contributed by atoms with van der Waals surface area (Å²) < 4.78 is 37.8. The van der Waals surface area contributed by atoms with E-state index in [0.29, 0.717) is 0 Å². The Morgan fingerprint density at radius 1 is 1.29 bits per heavy atom. The summed E-state index contributed by atoms with van der Waals surface area (Å²) in [6.45, 7) is 0. The van der Waals surface area contributed by atoms with Crippen molar-refractivity contribution >= 4 is 11.6 Å². The number of guanidine groups is 1. The topological polar surface area (TPSA) is 53.6 Å². The predicted octanol–water partition coefficient (Wildman–Crippen LogP) is 1.91. The van der Waals surface area contributed by atoms with Crippen molar-refractivity contribution < 1.29 is 13.2 Å². The summed E-state index contributed by atoms with van der Waals surface area (Å²) in [6.07, 6.45) is -4.42. The van der Waals surface area contributed by atoms with Gasteiger partial charge in [-0.05, 0) is 12.1 Å². The first-order valence-electron chi connectivity index (χ1n) is 4.75. The molecule has 0 heterocycles. The van der Waals surface area contributed by atoms with E-state index < -0.39 is 11.7 Å². The molecular weight excluding hydrogens is 233 g/mol. The van der Waals surface area contributed by atoms with Gasteiger partial charge in [-0.25, -0.2) is 0 Å². The summed E-state index contributed by atoms with van der Waals surface area (Å²) in [5, 5.41) is 3.64. The number of rotatable bonds is 2. The van der Waals surface area contributed by atoms with Gasteiger partial charge in [0.05, 0.1) is 11.3 Å². The van der Waals surface area contributed by atoms with Crippen molar-refractivity contribution in [3.05, 3.63) is 29.8 Å². The fraction of sp³-hybridized carbons (Fsp3) is 0.300. The number of hydrogen-bond donors (Lipinski definition) is 2. The fourth-order valence-corrected chi connectivity index (χ4v) is 1.05. The van der Waals surface area contributed by atoms with Crippen LogP contribution in [-0.4, -0.2) is 25.0 Å². The molecule has 1 aromatic carbocycles. The highest BCUT2D eigenvalue weighted by Gasteiger charge is 2.33. The van der Waals surface area contributed by atoms with Crippen LogP contribution in [-0.2, 0) is 6.18 Å². The van der Waals surface area contributed by atoms with E-state index in [0.717, 1.165) is 6.07 Å². The molecule has 1 aromatic rings. The molecule has 3 N–H and O–H groups in total. The van der Waals surface area contributed by atoms with Gasteiger partial charge in [0.2, 0.25) is 5.96 Å². The van der Waals surface area contributed by atoms with Gasteiger partial charge >= 0.3 is 6.18 Å². The third kappa shape index (κ3) is 3.54. The number of hydrogen-bond acceptors (Lipinski definition) is 2. The molecule has 0 spiro atoms. The highest BCUT2D eigenvalue weighted by molar-refractivity contribution is 5.78. The summed E-state index contributed by atoms with van der Waals surface area (Å²) in [5.41, 5.74) is 6.84. The van der Waals surface area contributed by atoms with Crippen LogP contribution >= 0.6 is 0 Å². The number of nitrogens with zero attached hydrogens (tertiary/aromatic N) is 2. The average Bonchev–Trinajstić information content (AvgIpc) is 2.24. The SMILES string of the molecule is CN(C)/C(N)=N/Nc1ccccc1C(F)(F)F. The Bertz CT molecular complexity index is 412. The van der Waals surface area contributed by atoms with Crippen LogP contribution in [0.15, 0.2) is 29.4 Å². The van der Waals surface area contributed by atoms with E-state index in [2.05, 4.69) is 10.5 Å². The molecule has 17 heavy (non-hydrogen) atoms. The number of halogens is 3. The molecule has 0 amide bonds. The smallest absolute Gasteiger partial charge is 0.368 e. The van der Waals surface area contributed by atoms with Crippen LogP contribution in [0, 0.1) is 0 Å². The van der Waals surface area contributed by atoms with Crippen molar-refractivity contribution in [3.63, 3.8) is 0 Å². The number of nitrogens with two attached hydrogens (primary N) is 1. The lowest BCUT2D eigenvalue weighted by Crippen LogP contribution is -2.31. The summed E-state index contributed by atoms with van der Waals surface area (Å²) in [5.74, 6) is 0.0852. The van der Waals surface area contributed by atoms with E-state index in [1.807, 2.05) is 0 Å². The second-order valence-corrected chi connectivity index (χ2v) is 3.52. The van der Waals surface area contributed by atoms with Crippen LogP contribution in [0.2, 0.25) is 0 Å². The highest BCUT2D eigenvalue weighted by atomic mass is 19.4. The average molecular weight is 246 g/mol. The molecule has 0 aliphatic carbocycles. The summed E-state index contributed by atoms with van der Waals surface area (Å²) in [7, 11) is 3.27. The minimum absolute atomic E-state index is 0.0852. The Labute approximate surface area is 96.9 Å². The van der Waals surface area contributed by atoms with Crippen molar-refractivity contribution in [2.24, 2.45) is 10.8 Å². The Balaban J connectivity index is 2.96. The van der Waals surface area contributed by atoms with Gasteiger partial charge < -0.3 is 10.6 Å². The van der Waals surface area contributed by atoms with Crippen LogP contribution in [0.5, 0.6) is 0 Å². The molecule has 0 aromatic heterocycles. The Hall–Kier alpha value is -1.92. The number of benzene rings is 1. The van der Waals surface area contributed by atoms with Gasteiger partial charge in [0.25, 0.3) is 0 Å². The zero-order valence-electron chi connectivity index (χ0n) is 9.42. The summed E-state index contributed by atoms with van der Waals surface area (Å²) in [6, 6.07) is 5.06. The second kappa shape index (κ2) is 4.94. The highest BCUT2D eigenvalue weighted by Crippen LogP contribution is 2.34. The van der Waals surface area contributed by atoms with Crippen molar-refractivity contribution in [1.82, 2.24) is 4.90 Å². The van der Waals surface area contributed by atoms with Gasteiger partial charge in [0.1, 0.15) is 0 Å². The lowest BCUT2D eigenvalue weighted by atomic mass is 10.2. The molecular formula is C10H13F3N4. The number of alkyl halides is 3. The van der Waals surface area contributed by atoms with Crippen LogP contribution in [0.4, 0.5) is 18.9 Å². The number of nitrogens with one attached hydrogen (secondary N) is 1. The first-order chi connectivity index (χ1) is 7.82. The van der Waals surface area contributed by atoms with Crippen LogP contribution in [0.1, 0.15) is 5.56 Å². The lowest BCUT2D eigenvalue weighted by molar-refractivity contribution is -0.136. The molecule has 0 unspecified atom stereocenters. The number of anilines is 1. The Morgan fingerprint density at radius 3 is 2.41 bits per heavy atom. The maximum atomic E-state index is 12.6. The van der Waals surface area contributed by atoms with Gasteiger partial charge in [-0.3, -0.25) is 5.43 Å². The fourth-order valence-electron chi connectivity index (χ4n) is 1.05. The van der Waals surface area contributed by atoms with Crippen LogP contribution in [0.3, 0.4) is 0 Å². The molecule has 94 valence electrons. The Kier molecular flexibility index (Phi) is 3.82. The van der Waals surface area contributed by atoms with E-state index in [1.54, 1.807) is 14.1 Å². The predicted molar refractivity (Wildman–Crippen MR) is 60.4 cm³/mol. The van der Waals surface area contributed by atoms with Crippen molar-refractivity contribution in [1.29, 1.82) is 0 Å². The van der Waals surface area contributed by atoms with Gasteiger partial charge in [-0.2, -0.15) is 13.2 Å². The van der Waals surface area contributed by atoms with Gasteiger partial charge in [-0.15, -0.1) is 5.10 Å². The molecule has 0 aliphatic heterocycles. The molecule has 0 aliphatic rings. The summed E-state index contributed by atoms with van der Waals surface area (Å²) in [4.78, 5) is 1.48. The minimum atomic E-state index is -4.42. The molecule has 0 atom stereocenters. The quantitative estimate of drug-likeness (QED) is 0.476. The molecule has 7 heteroatoms. The second-order valence-electron chi connectivity index (χ2n) is 3.52. The van der Waals surface area contributed by atoms with E-state index in [1.165, 1.54) is 23.1 Å². The maximum absolute atomic E-state index is 12.6. The normalized spacial score (nSPS) is 12.4. The largest absolute Gasteiger partial charge is 0.418 e. The molecule has 0 fully saturated rings. The molecule has 0 bridgehead atoms. The first-order valence-corrected chi connectivity index (χ1v) is 4.75. The van der Waals surface area contributed by atoms with E-state index >= 15 is 0 Å². The zero-order valence-corrected chi connectivity index (χ0v) is 9.42. The van der Waals surface area contributed by atoms with Gasteiger partial charge in [0, 0.05) is 14.1 Å². The van der Waals surface area contributed by atoms with Crippen molar-refractivity contribution in [3.8, 4) is 0 Å². The third-order valence-corrected chi connectivity index (χ3v) is 1.98. The van der Waals surface area contributed by atoms with E-state index in [4.69, 9.17) is 5.73 Å². The third-order valence-electron chi connectivity index (χ3n) is 1.98. The van der Waals surface area contributed by atoms with Crippen molar-refractivity contribution in [2.75, 3.05) is 19.5 Å². The van der Waals surface area contributed by atoms with Gasteiger partial charge in [0.15, 0.2) is 0 Å². The summed E-state index contributed by atoms with van der Waals surface area (Å²) >= 11 is 0. The number of para-hydroxylation sites is 1.